The first kappa shape index (κ1) is 23.4. The van der Waals surface area contributed by atoms with Crippen LogP contribution >= 0.6 is 0 Å². The first-order valence-corrected chi connectivity index (χ1v) is 12.2. The molecule has 5 rings (SSSR count). The van der Waals surface area contributed by atoms with Gasteiger partial charge in [0.2, 0.25) is 0 Å². The van der Waals surface area contributed by atoms with Gasteiger partial charge in [-0.05, 0) is 54.9 Å². The molecule has 7 nitrogen and oxygen atoms in total. The smallest absolute Gasteiger partial charge is 0.255 e. The molecule has 1 aliphatic heterocycles. The van der Waals surface area contributed by atoms with Crippen LogP contribution in [0.3, 0.4) is 0 Å². The molecular formula is C28H32N4O3. The Morgan fingerprint density at radius 3 is 2.54 bits per heavy atom. The number of nitrogens with one attached hydrogen (secondary N) is 1. The molecule has 2 aromatic carbocycles. The Kier molecular flexibility index (Phi) is 7.28. The molecule has 4 aromatic rings. The SMILES string of the molecule is CN(Cc1ccco1)Cc1cc2ccc(Oc3ccccc3)cc2n(CCN2CCNCC2)c1=O. The average Bonchev–Trinajstić information content (AvgIpc) is 3.38. The molecule has 0 saturated carbocycles. The van der Waals surface area contributed by atoms with E-state index in [0.29, 0.717) is 19.6 Å². The Balaban J connectivity index is 1.45. The van der Waals surface area contributed by atoms with Crippen LogP contribution in [0.15, 0.2) is 82.2 Å². The highest BCUT2D eigenvalue weighted by molar-refractivity contribution is 5.81. The zero-order valence-electron chi connectivity index (χ0n) is 20.2. The van der Waals surface area contributed by atoms with Gasteiger partial charge >= 0.3 is 0 Å². The van der Waals surface area contributed by atoms with Crippen LogP contribution in [-0.2, 0) is 19.6 Å². The highest BCUT2D eigenvalue weighted by Crippen LogP contribution is 2.26. The molecule has 1 aliphatic rings. The molecule has 0 bridgehead atoms. The van der Waals surface area contributed by atoms with Crippen LogP contribution in [-0.4, -0.2) is 54.1 Å². The first-order valence-electron chi connectivity index (χ1n) is 12.2. The number of piperazine rings is 1. The van der Waals surface area contributed by atoms with Crippen LogP contribution in [0.1, 0.15) is 11.3 Å². The third-order valence-electron chi connectivity index (χ3n) is 6.42. The zero-order valence-corrected chi connectivity index (χ0v) is 20.2. The van der Waals surface area contributed by atoms with E-state index in [0.717, 1.165) is 66.4 Å². The van der Waals surface area contributed by atoms with Crippen molar-refractivity contribution in [2.75, 3.05) is 39.8 Å². The first-order chi connectivity index (χ1) is 17.2. The van der Waals surface area contributed by atoms with Crippen LogP contribution in [0.25, 0.3) is 10.9 Å². The third-order valence-corrected chi connectivity index (χ3v) is 6.42. The Labute approximate surface area is 205 Å². The molecule has 35 heavy (non-hydrogen) atoms. The molecule has 0 spiro atoms. The Hall–Kier alpha value is -3.39. The summed E-state index contributed by atoms with van der Waals surface area (Å²) in [5.41, 5.74) is 1.73. The molecule has 0 atom stereocenters. The van der Waals surface area contributed by atoms with Gasteiger partial charge in [0, 0.05) is 57.4 Å². The van der Waals surface area contributed by atoms with Gasteiger partial charge in [0.25, 0.3) is 5.56 Å². The maximum absolute atomic E-state index is 13.7. The van der Waals surface area contributed by atoms with Crippen LogP contribution in [0.2, 0.25) is 0 Å². The predicted octanol–water partition coefficient (Wildman–Crippen LogP) is 3.92. The van der Waals surface area contributed by atoms with Crippen molar-refractivity contribution in [3.8, 4) is 11.5 Å². The average molecular weight is 473 g/mol. The Morgan fingerprint density at radius 2 is 1.77 bits per heavy atom. The Morgan fingerprint density at radius 1 is 0.943 bits per heavy atom. The summed E-state index contributed by atoms with van der Waals surface area (Å²) in [7, 11) is 2.01. The topological polar surface area (TPSA) is 62.9 Å². The fraction of sp³-hybridized carbons (Fsp3) is 0.321. The van der Waals surface area contributed by atoms with Crippen molar-refractivity contribution in [1.82, 2.24) is 19.7 Å². The lowest BCUT2D eigenvalue weighted by molar-refractivity contribution is 0.232. The van der Waals surface area contributed by atoms with E-state index in [4.69, 9.17) is 9.15 Å². The molecule has 0 aliphatic carbocycles. The molecule has 2 aromatic heterocycles. The Bertz CT molecular complexity index is 1300. The van der Waals surface area contributed by atoms with E-state index in [1.807, 2.05) is 78.3 Å². The molecule has 0 unspecified atom stereocenters. The minimum atomic E-state index is 0.0517. The second kappa shape index (κ2) is 10.9. The number of hydrogen-bond acceptors (Lipinski definition) is 6. The number of para-hydroxylation sites is 1. The molecular weight excluding hydrogens is 440 g/mol. The number of benzene rings is 2. The summed E-state index contributed by atoms with van der Waals surface area (Å²) in [5, 5.41) is 4.43. The minimum absolute atomic E-state index is 0.0517. The van der Waals surface area contributed by atoms with Gasteiger partial charge in [0.05, 0.1) is 18.3 Å². The molecule has 0 amide bonds. The molecule has 1 saturated heterocycles. The molecule has 3 heterocycles. The van der Waals surface area contributed by atoms with Crippen molar-refractivity contribution < 1.29 is 9.15 Å². The molecule has 1 N–H and O–H groups in total. The van der Waals surface area contributed by atoms with E-state index in [-0.39, 0.29) is 5.56 Å². The lowest BCUT2D eigenvalue weighted by atomic mass is 10.1. The van der Waals surface area contributed by atoms with Gasteiger partial charge in [0.15, 0.2) is 0 Å². The highest BCUT2D eigenvalue weighted by Gasteiger charge is 2.15. The van der Waals surface area contributed by atoms with Crippen LogP contribution < -0.4 is 15.6 Å². The summed E-state index contributed by atoms with van der Waals surface area (Å²) < 4.78 is 13.5. The summed E-state index contributed by atoms with van der Waals surface area (Å²) >= 11 is 0. The van der Waals surface area contributed by atoms with Gasteiger partial charge in [0.1, 0.15) is 17.3 Å². The van der Waals surface area contributed by atoms with E-state index < -0.39 is 0 Å². The second-order valence-corrected chi connectivity index (χ2v) is 9.11. The van der Waals surface area contributed by atoms with Crippen LogP contribution in [0, 0.1) is 0 Å². The van der Waals surface area contributed by atoms with Gasteiger partial charge in [-0.2, -0.15) is 0 Å². The van der Waals surface area contributed by atoms with Gasteiger partial charge in [-0.3, -0.25) is 14.6 Å². The van der Waals surface area contributed by atoms with Gasteiger partial charge in [-0.25, -0.2) is 0 Å². The number of ether oxygens (including phenoxy) is 1. The maximum atomic E-state index is 13.7. The van der Waals surface area contributed by atoms with Crippen LogP contribution in [0.5, 0.6) is 11.5 Å². The highest BCUT2D eigenvalue weighted by atomic mass is 16.5. The number of hydrogen-bond donors (Lipinski definition) is 1. The second-order valence-electron chi connectivity index (χ2n) is 9.11. The monoisotopic (exact) mass is 472 g/mol. The fourth-order valence-electron chi connectivity index (χ4n) is 4.63. The summed E-state index contributed by atoms with van der Waals surface area (Å²) in [5.74, 6) is 2.38. The predicted molar refractivity (Wildman–Crippen MR) is 138 cm³/mol. The zero-order chi connectivity index (χ0) is 24.0. The number of aromatic nitrogens is 1. The van der Waals surface area contributed by atoms with Gasteiger partial charge in [-0.1, -0.05) is 18.2 Å². The van der Waals surface area contributed by atoms with E-state index in [1.165, 1.54) is 0 Å². The molecule has 182 valence electrons. The lowest BCUT2D eigenvalue weighted by Crippen LogP contribution is -2.45. The van der Waals surface area contributed by atoms with Crippen molar-refractivity contribution in [3.05, 3.63) is 94.7 Å². The number of pyridine rings is 1. The number of furan rings is 1. The molecule has 1 fully saturated rings. The number of rotatable bonds is 9. The minimum Gasteiger partial charge on any atom is -0.468 e. The summed E-state index contributed by atoms with van der Waals surface area (Å²) in [4.78, 5) is 18.2. The quantitative estimate of drug-likeness (QED) is 0.398. The standard InChI is InChI=1S/C28H32N4O3/c1-30(21-26-8-5-17-34-26)20-23-18-22-9-10-25(35-24-6-3-2-4-7-24)19-27(22)32(28(23)33)16-15-31-13-11-29-12-14-31/h2-10,17-19,29H,11-16,20-21H2,1H3. The molecule has 0 radical (unpaired) electrons. The summed E-state index contributed by atoms with van der Waals surface area (Å²) in [6.07, 6.45) is 1.68. The van der Waals surface area contributed by atoms with Gasteiger partial charge in [-0.15, -0.1) is 0 Å². The normalized spacial score (nSPS) is 14.6. The largest absolute Gasteiger partial charge is 0.468 e. The van der Waals surface area contributed by atoms with Crippen molar-refractivity contribution >= 4 is 10.9 Å². The summed E-state index contributed by atoms with van der Waals surface area (Å²) in [6.45, 7) is 6.65. The van der Waals surface area contributed by atoms with Crippen molar-refractivity contribution in [2.24, 2.45) is 0 Å². The molecule has 7 heteroatoms. The van der Waals surface area contributed by atoms with E-state index in [2.05, 4.69) is 15.1 Å². The van der Waals surface area contributed by atoms with Gasteiger partial charge < -0.3 is 19.0 Å². The maximum Gasteiger partial charge on any atom is 0.255 e. The van der Waals surface area contributed by atoms with Crippen LogP contribution in [0.4, 0.5) is 0 Å². The van der Waals surface area contributed by atoms with Crippen molar-refractivity contribution in [3.63, 3.8) is 0 Å². The van der Waals surface area contributed by atoms with E-state index in [1.54, 1.807) is 6.26 Å². The fourth-order valence-corrected chi connectivity index (χ4v) is 4.63. The van der Waals surface area contributed by atoms with Crippen molar-refractivity contribution in [2.45, 2.75) is 19.6 Å². The van der Waals surface area contributed by atoms with E-state index >= 15 is 0 Å². The van der Waals surface area contributed by atoms with E-state index in [9.17, 15) is 4.79 Å². The third kappa shape index (κ3) is 5.82. The lowest BCUT2D eigenvalue weighted by Gasteiger charge is -2.27. The van der Waals surface area contributed by atoms with Crippen molar-refractivity contribution in [1.29, 1.82) is 0 Å². The number of nitrogens with zero attached hydrogens (tertiary/aromatic N) is 3. The number of fused-ring (bicyclic) bond motifs is 1. The summed E-state index contributed by atoms with van der Waals surface area (Å²) in [6, 6.07) is 21.6.